The van der Waals surface area contributed by atoms with Gasteiger partial charge in [-0.3, -0.25) is 18.8 Å². The minimum Gasteiger partial charge on any atom is -0.322 e. The van der Waals surface area contributed by atoms with Crippen LogP contribution < -0.4 is 5.32 Å². The summed E-state index contributed by atoms with van der Waals surface area (Å²) in [6.07, 6.45) is 0.610. The highest BCUT2D eigenvalue weighted by Crippen LogP contribution is 2.29. The van der Waals surface area contributed by atoms with Gasteiger partial charge in [-0.2, -0.15) is 0 Å². The van der Waals surface area contributed by atoms with Gasteiger partial charge in [0.05, 0.1) is 10.8 Å². The molecule has 1 N–H and O–H groups in total. The second-order valence-electron chi connectivity index (χ2n) is 6.67. The van der Waals surface area contributed by atoms with Gasteiger partial charge in [-0.1, -0.05) is 18.2 Å². The maximum absolute atomic E-state index is 12.6. The Morgan fingerprint density at radius 3 is 2.58 bits per heavy atom. The molecule has 3 rings (SSSR count). The lowest BCUT2D eigenvalue weighted by Crippen LogP contribution is -2.49. The summed E-state index contributed by atoms with van der Waals surface area (Å²) in [7, 11) is -1.05. The summed E-state index contributed by atoms with van der Waals surface area (Å²) in [6.45, 7) is 5.54. The Balaban J connectivity index is 1.59. The zero-order valence-corrected chi connectivity index (χ0v) is 14.8. The average Bonchev–Trinajstić information content (AvgIpc) is 3.07. The average molecular weight is 349 g/mol. The van der Waals surface area contributed by atoms with E-state index in [0.29, 0.717) is 25.3 Å². The van der Waals surface area contributed by atoms with Crippen LogP contribution in [0.2, 0.25) is 0 Å². The fourth-order valence-corrected chi connectivity index (χ4v) is 4.49. The van der Waals surface area contributed by atoms with E-state index < -0.39 is 16.3 Å². The van der Waals surface area contributed by atoms with Crippen molar-refractivity contribution < 1.29 is 13.8 Å². The number of carbonyl (C=O) groups excluding carboxylic acids is 2. The van der Waals surface area contributed by atoms with Crippen LogP contribution in [0.3, 0.4) is 0 Å². The largest absolute Gasteiger partial charge is 0.325 e. The van der Waals surface area contributed by atoms with Gasteiger partial charge in [0.1, 0.15) is 5.54 Å². The fourth-order valence-electron chi connectivity index (χ4n) is 3.37. The van der Waals surface area contributed by atoms with Crippen LogP contribution >= 0.6 is 0 Å². The molecule has 0 saturated carbocycles. The van der Waals surface area contributed by atoms with E-state index in [0.717, 1.165) is 11.4 Å². The smallest absolute Gasteiger partial charge is 0.322 e. The number of carbonyl (C=O) groups is 2. The van der Waals surface area contributed by atoms with E-state index in [4.69, 9.17) is 0 Å². The van der Waals surface area contributed by atoms with Crippen molar-refractivity contribution in [3.05, 3.63) is 30.3 Å². The quantitative estimate of drug-likeness (QED) is 0.811. The van der Waals surface area contributed by atoms with E-state index in [1.165, 1.54) is 4.90 Å². The first-order valence-corrected chi connectivity index (χ1v) is 9.56. The Hall–Kier alpha value is -1.73. The van der Waals surface area contributed by atoms with Crippen LogP contribution in [-0.4, -0.2) is 62.9 Å². The molecule has 2 aliphatic heterocycles. The van der Waals surface area contributed by atoms with E-state index in [2.05, 4.69) is 10.2 Å². The molecule has 7 heteroatoms. The third-order valence-corrected chi connectivity index (χ3v) is 6.01. The van der Waals surface area contributed by atoms with Gasteiger partial charge in [0.2, 0.25) is 0 Å². The zero-order chi connectivity index (χ0) is 17.3. The molecule has 2 aliphatic rings. The van der Waals surface area contributed by atoms with Crippen LogP contribution in [0.4, 0.5) is 4.79 Å². The molecule has 0 radical (unpaired) electrons. The Morgan fingerprint density at radius 2 is 1.96 bits per heavy atom. The first-order valence-electron chi connectivity index (χ1n) is 8.24. The summed E-state index contributed by atoms with van der Waals surface area (Å²) in [6, 6.07) is 8.95. The predicted molar refractivity (Wildman–Crippen MR) is 92.0 cm³/mol. The molecule has 24 heavy (non-hydrogen) atoms. The SMILES string of the molecule is CC(C)N1C(=O)N[C@@]2(CCN(CC[S@@](=O)c3ccccc3)C2)C1=O. The Morgan fingerprint density at radius 1 is 1.25 bits per heavy atom. The first kappa shape index (κ1) is 17.1. The van der Waals surface area contributed by atoms with Gasteiger partial charge in [-0.05, 0) is 32.4 Å². The molecule has 2 heterocycles. The number of nitrogens with zero attached hydrogens (tertiary/aromatic N) is 2. The van der Waals surface area contributed by atoms with E-state index in [1.54, 1.807) is 0 Å². The van der Waals surface area contributed by atoms with E-state index >= 15 is 0 Å². The van der Waals surface area contributed by atoms with Gasteiger partial charge in [-0.15, -0.1) is 0 Å². The summed E-state index contributed by atoms with van der Waals surface area (Å²) in [4.78, 5) is 29.0. The summed E-state index contributed by atoms with van der Waals surface area (Å²) < 4.78 is 12.3. The lowest BCUT2D eigenvalue weighted by molar-refractivity contribution is -0.132. The van der Waals surface area contributed by atoms with Gasteiger partial charge >= 0.3 is 6.03 Å². The van der Waals surface area contributed by atoms with E-state index in [-0.39, 0.29) is 18.0 Å². The van der Waals surface area contributed by atoms with Crippen LogP contribution in [0.1, 0.15) is 20.3 Å². The van der Waals surface area contributed by atoms with E-state index in [1.807, 2.05) is 44.2 Å². The minimum absolute atomic E-state index is 0.130. The summed E-state index contributed by atoms with van der Waals surface area (Å²) in [5, 5.41) is 2.88. The van der Waals surface area contributed by atoms with Crippen LogP contribution in [0.15, 0.2) is 35.2 Å². The highest BCUT2D eigenvalue weighted by Gasteiger charge is 2.55. The molecule has 6 nitrogen and oxygen atoms in total. The minimum atomic E-state index is -1.05. The lowest BCUT2D eigenvalue weighted by atomic mass is 9.99. The van der Waals surface area contributed by atoms with Crippen LogP contribution in [0.5, 0.6) is 0 Å². The van der Waals surface area contributed by atoms with Crippen molar-refractivity contribution in [3.8, 4) is 0 Å². The molecule has 130 valence electrons. The fraction of sp³-hybridized carbons (Fsp3) is 0.529. The molecular formula is C17H23N3O3S. The van der Waals surface area contributed by atoms with Gasteiger partial charge < -0.3 is 5.32 Å². The van der Waals surface area contributed by atoms with Crippen molar-refractivity contribution >= 4 is 22.7 Å². The Labute approximate surface area is 144 Å². The number of imide groups is 1. The highest BCUT2D eigenvalue weighted by atomic mass is 32.2. The molecule has 1 spiro atoms. The normalized spacial score (nSPS) is 25.7. The van der Waals surface area contributed by atoms with Gasteiger partial charge in [0, 0.05) is 36.3 Å². The molecule has 0 aliphatic carbocycles. The Bertz CT molecular complexity index is 664. The summed E-state index contributed by atoms with van der Waals surface area (Å²) in [5.41, 5.74) is -0.796. The van der Waals surface area contributed by atoms with Crippen LogP contribution in [-0.2, 0) is 15.6 Å². The topological polar surface area (TPSA) is 69.7 Å². The van der Waals surface area contributed by atoms with Crippen LogP contribution in [0, 0.1) is 0 Å². The van der Waals surface area contributed by atoms with Crippen molar-refractivity contribution in [1.82, 2.24) is 15.1 Å². The number of hydrogen-bond donors (Lipinski definition) is 1. The third-order valence-electron chi connectivity index (χ3n) is 4.66. The molecule has 1 aromatic rings. The van der Waals surface area contributed by atoms with Gasteiger partial charge in [0.15, 0.2) is 0 Å². The zero-order valence-electron chi connectivity index (χ0n) is 14.0. The molecule has 2 fully saturated rings. The molecule has 1 aromatic carbocycles. The molecule has 0 aromatic heterocycles. The molecule has 2 atom stereocenters. The van der Waals surface area contributed by atoms with Crippen molar-refractivity contribution in [2.45, 2.75) is 36.7 Å². The monoisotopic (exact) mass is 349 g/mol. The second kappa shape index (κ2) is 6.64. The Kier molecular flexibility index (Phi) is 4.73. The maximum Gasteiger partial charge on any atom is 0.325 e. The highest BCUT2D eigenvalue weighted by molar-refractivity contribution is 7.85. The molecule has 0 bridgehead atoms. The first-order chi connectivity index (χ1) is 11.4. The number of nitrogens with one attached hydrogen (secondary N) is 1. The van der Waals surface area contributed by atoms with Gasteiger partial charge in [-0.25, -0.2) is 4.79 Å². The maximum atomic E-state index is 12.6. The van der Waals surface area contributed by atoms with Gasteiger partial charge in [0.25, 0.3) is 5.91 Å². The molecular weight excluding hydrogens is 326 g/mol. The van der Waals surface area contributed by atoms with Crippen molar-refractivity contribution in [2.24, 2.45) is 0 Å². The number of urea groups is 1. The van der Waals surface area contributed by atoms with Crippen molar-refractivity contribution in [1.29, 1.82) is 0 Å². The standard InChI is InChI=1S/C17H23N3O3S/c1-13(2)20-15(21)17(18-16(20)22)8-9-19(12-17)10-11-24(23)14-6-4-3-5-7-14/h3-7,13H,8-12H2,1-2H3,(H,18,22)/t17-,24-/m1/s1. The number of hydrogen-bond acceptors (Lipinski definition) is 4. The van der Waals surface area contributed by atoms with E-state index in [9.17, 15) is 13.8 Å². The van der Waals surface area contributed by atoms with Crippen molar-refractivity contribution in [2.75, 3.05) is 25.4 Å². The predicted octanol–water partition coefficient (Wildman–Crippen LogP) is 1.20. The molecule has 3 amide bonds. The lowest BCUT2D eigenvalue weighted by Gasteiger charge is -2.23. The molecule has 2 saturated heterocycles. The number of likely N-dealkylation sites (tertiary alicyclic amines) is 1. The number of benzene rings is 1. The number of amides is 3. The third kappa shape index (κ3) is 3.10. The summed E-state index contributed by atoms with van der Waals surface area (Å²) in [5.74, 6) is 0.394. The van der Waals surface area contributed by atoms with Crippen molar-refractivity contribution in [3.63, 3.8) is 0 Å². The number of rotatable bonds is 5. The molecule has 0 unspecified atom stereocenters. The second-order valence-corrected chi connectivity index (χ2v) is 8.24. The summed E-state index contributed by atoms with van der Waals surface area (Å²) >= 11 is 0. The van der Waals surface area contributed by atoms with Crippen LogP contribution in [0.25, 0.3) is 0 Å².